The van der Waals surface area contributed by atoms with Crippen molar-refractivity contribution in [3.05, 3.63) is 76.3 Å². The van der Waals surface area contributed by atoms with Crippen molar-refractivity contribution in [2.45, 2.75) is 20.4 Å². The lowest BCUT2D eigenvalue weighted by Gasteiger charge is -2.10. The molecule has 122 valence electrons. The zero-order valence-electron chi connectivity index (χ0n) is 13.6. The number of halogens is 1. The van der Waals surface area contributed by atoms with E-state index in [1.807, 2.05) is 50.2 Å². The van der Waals surface area contributed by atoms with Gasteiger partial charge in [-0.1, -0.05) is 29.8 Å². The summed E-state index contributed by atoms with van der Waals surface area (Å²) in [6.45, 7) is 4.53. The minimum Gasteiger partial charge on any atom is -0.366 e. The molecule has 5 heteroatoms. The van der Waals surface area contributed by atoms with Gasteiger partial charge in [-0.3, -0.25) is 9.78 Å². The molecule has 2 N–H and O–H groups in total. The normalized spacial score (nSPS) is 10.8. The van der Waals surface area contributed by atoms with Crippen LogP contribution >= 0.6 is 11.6 Å². The molecule has 0 aliphatic carbocycles. The molecule has 0 atom stereocenters. The van der Waals surface area contributed by atoms with E-state index in [2.05, 4.69) is 9.55 Å². The van der Waals surface area contributed by atoms with Crippen LogP contribution in [0.4, 0.5) is 0 Å². The summed E-state index contributed by atoms with van der Waals surface area (Å²) in [5.41, 5.74) is 10.8. The topological polar surface area (TPSA) is 60.9 Å². The molecule has 0 fully saturated rings. The van der Waals surface area contributed by atoms with Gasteiger partial charge >= 0.3 is 0 Å². The number of hydrogen-bond donors (Lipinski definition) is 1. The van der Waals surface area contributed by atoms with E-state index in [0.717, 1.165) is 28.1 Å². The molecule has 3 aromatic rings. The third-order valence-electron chi connectivity index (χ3n) is 4.21. The lowest BCUT2D eigenvalue weighted by atomic mass is 10.0. The maximum Gasteiger partial charge on any atom is 0.251 e. The summed E-state index contributed by atoms with van der Waals surface area (Å²) in [6.07, 6.45) is 3.45. The number of nitrogens with zero attached hydrogens (tertiary/aromatic N) is 2. The van der Waals surface area contributed by atoms with Crippen molar-refractivity contribution in [3.63, 3.8) is 0 Å². The molecule has 0 radical (unpaired) electrons. The maximum atomic E-state index is 12.1. The van der Waals surface area contributed by atoms with Crippen molar-refractivity contribution in [3.8, 4) is 11.1 Å². The Balaban J connectivity index is 2.16. The Morgan fingerprint density at radius 2 is 2.00 bits per heavy atom. The highest BCUT2D eigenvalue weighted by Gasteiger charge is 2.22. The van der Waals surface area contributed by atoms with Gasteiger partial charge in [0.05, 0.1) is 5.56 Å². The van der Waals surface area contributed by atoms with E-state index in [0.29, 0.717) is 17.1 Å². The lowest BCUT2D eigenvalue weighted by Crippen LogP contribution is -2.13. The fourth-order valence-corrected chi connectivity index (χ4v) is 3.32. The third kappa shape index (κ3) is 2.93. The second-order valence-electron chi connectivity index (χ2n) is 5.74. The van der Waals surface area contributed by atoms with E-state index in [-0.39, 0.29) is 0 Å². The number of aromatic nitrogens is 2. The highest BCUT2D eigenvalue weighted by Crippen LogP contribution is 2.32. The van der Waals surface area contributed by atoms with Crippen molar-refractivity contribution < 1.29 is 4.79 Å². The fourth-order valence-electron chi connectivity index (χ4n) is 3.10. The number of amides is 1. The molecule has 0 unspecified atom stereocenters. The van der Waals surface area contributed by atoms with Crippen LogP contribution in [0.15, 0.2) is 48.8 Å². The second-order valence-corrected chi connectivity index (χ2v) is 6.18. The minimum atomic E-state index is -0.431. The summed E-state index contributed by atoms with van der Waals surface area (Å²) in [5.74, 6) is -0.431. The molecule has 2 aromatic heterocycles. The Morgan fingerprint density at radius 1 is 1.21 bits per heavy atom. The second kappa shape index (κ2) is 6.49. The summed E-state index contributed by atoms with van der Waals surface area (Å²) in [5, 5.41) is 0.692. The summed E-state index contributed by atoms with van der Waals surface area (Å²) >= 11 is 6.08. The minimum absolute atomic E-state index is 0.431. The summed E-state index contributed by atoms with van der Waals surface area (Å²) in [7, 11) is 0. The highest BCUT2D eigenvalue weighted by molar-refractivity contribution is 6.30. The summed E-state index contributed by atoms with van der Waals surface area (Å²) in [6, 6.07) is 11.5. The van der Waals surface area contributed by atoms with Crippen LogP contribution in [0.25, 0.3) is 11.1 Å². The molecule has 2 heterocycles. The van der Waals surface area contributed by atoms with Gasteiger partial charge in [-0.05, 0) is 37.6 Å². The van der Waals surface area contributed by atoms with Gasteiger partial charge in [0.1, 0.15) is 0 Å². The Labute approximate surface area is 145 Å². The predicted octanol–water partition coefficient (Wildman–Crippen LogP) is 3.97. The fraction of sp³-hybridized carbons (Fsp3) is 0.158. The van der Waals surface area contributed by atoms with Crippen molar-refractivity contribution in [2.24, 2.45) is 5.73 Å². The molecule has 0 aliphatic rings. The van der Waals surface area contributed by atoms with E-state index in [1.54, 1.807) is 12.4 Å². The smallest absolute Gasteiger partial charge is 0.251 e. The van der Waals surface area contributed by atoms with Crippen molar-refractivity contribution in [2.75, 3.05) is 0 Å². The standard InChI is InChI=1S/C19H18ClN3O/c1-12-17(15-6-4-8-22-10-15)18(19(21)24)13(2)23(12)11-14-5-3-7-16(20)9-14/h3-10H,11H2,1-2H3,(H2,21,24). The first-order valence-corrected chi connectivity index (χ1v) is 8.01. The number of primary amides is 1. The van der Waals surface area contributed by atoms with Gasteiger partial charge in [0.2, 0.25) is 0 Å². The van der Waals surface area contributed by atoms with Crippen LogP contribution in [0.1, 0.15) is 27.3 Å². The quantitative estimate of drug-likeness (QED) is 0.781. The van der Waals surface area contributed by atoms with E-state index in [9.17, 15) is 4.79 Å². The van der Waals surface area contributed by atoms with Crippen LogP contribution in [-0.4, -0.2) is 15.5 Å². The van der Waals surface area contributed by atoms with E-state index in [4.69, 9.17) is 17.3 Å². The number of nitrogens with two attached hydrogens (primary N) is 1. The molecule has 24 heavy (non-hydrogen) atoms. The van der Waals surface area contributed by atoms with Crippen LogP contribution in [0.5, 0.6) is 0 Å². The van der Waals surface area contributed by atoms with Gasteiger partial charge < -0.3 is 10.3 Å². The molecule has 3 rings (SSSR count). The van der Waals surface area contributed by atoms with Gasteiger partial charge in [0, 0.05) is 46.5 Å². The Hall–Kier alpha value is -2.59. The molecule has 4 nitrogen and oxygen atoms in total. The molecular weight excluding hydrogens is 322 g/mol. The molecule has 0 saturated heterocycles. The number of carbonyl (C=O) groups excluding carboxylic acids is 1. The summed E-state index contributed by atoms with van der Waals surface area (Å²) in [4.78, 5) is 16.2. The van der Waals surface area contributed by atoms with Gasteiger partial charge in [-0.25, -0.2) is 0 Å². The van der Waals surface area contributed by atoms with E-state index < -0.39 is 5.91 Å². The van der Waals surface area contributed by atoms with Crippen molar-refractivity contribution in [1.82, 2.24) is 9.55 Å². The molecular formula is C19H18ClN3O. The first kappa shape index (κ1) is 16.3. The Kier molecular flexibility index (Phi) is 4.40. The Morgan fingerprint density at radius 3 is 2.62 bits per heavy atom. The van der Waals surface area contributed by atoms with Gasteiger partial charge in [0.25, 0.3) is 5.91 Å². The number of rotatable bonds is 4. The Bertz CT molecular complexity index is 900. The first-order valence-electron chi connectivity index (χ1n) is 7.63. The first-order chi connectivity index (χ1) is 11.5. The molecule has 0 aliphatic heterocycles. The molecule has 0 spiro atoms. The van der Waals surface area contributed by atoms with Gasteiger partial charge in [-0.15, -0.1) is 0 Å². The number of benzene rings is 1. The number of carbonyl (C=O) groups is 1. The van der Waals surface area contributed by atoms with Crippen LogP contribution < -0.4 is 5.73 Å². The molecule has 0 bridgehead atoms. The lowest BCUT2D eigenvalue weighted by molar-refractivity contribution is 0.1000. The summed E-state index contributed by atoms with van der Waals surface area (Å²) < 4.78 is 2.09. The monoisotopic (exact) mass is 339 g/mol. The predicted molar refractivity (Wildman–Crippen MR) is 96.2 cm³/mol. The van der Waals surface area contributed by atoms with Gasteiger partial charge in [-0.2, -0.15) is 0 Å². The number of hydrogen-bond acceptors (Lipinski definition) is 2. The SMILES string of the molecule is Cc1c(C(N)=O)c(-c2cccnc2)c(C)n1Cc1cccc(Cl)c1. The molecule has 1 aromatic carbocycles. The third-order valence-corrected chi connectivity index (χ3v) is 4.44. The van der Waals surface area contributed by atoms with Crippen LogP contribution in [0.3, 0.4) is 0 Å². The zero-order valence-corrected chi connectivity index (χ0v) is 14.3. The van der Waals surface area contributed by atoms with E-state index in [1.165, 1.54) is 0 Å². The maximum absolute atomic E-state index is 12.1. The van der Waals surface area contributed by atoms with Crippen LogP contribution in [0, 0.1) is 13.8 Å². The zero-order chi connectivity index (χ0) is 17.3. The molecule has 1 amide bonds. The van der Waals surface area contributed by atoms with Crippen LogP contribution in [0.2, 0.25) is 5.02 Å². The average molecular weight is 340 g/mol. The van der Waals surface area contributed by atoms with E-state index >= 15 is 0 Å². The van der Waals surface area contributed by atoms with Crippen LogP contribution in [-0.2, 0) is 6.54 Å². The van der Waals surface area contributed by atoms with Gasteiger partial charge in [0.15, 0.2) is 0 Å². The van der Waals surface area contributed by atoms with Crippen molar-refractivity contribution in [1.29, 1.82) is 0 Å². The highest BCUT2D eigenvalue weighted by atomic mass is 35.5. The molecule has 0 saturated carbocycles. The van der Waals surface area contributed by atoms with Crippen molar-refractivity contribution >= 4 is 17.5 Å². The average Bonchev–Trinajstić information content (AvgIpc) is 2.80. The largest absolute Gasteiger partial charge is 0.366 e. The number of pyridine rings is 1.